The van der Waals surface area contributed by atoms with Gasteiger partial charge in [0.05, 0.1) is 0 Å². The fourth-order valence-corrected chi connectivity index (χ4v) is 3.91. The van der Waals surface area contributed by atoms with Gasteiger partial charge in [0.25, 0.3) is 5.71 Å². The highest BCUT2D eigenvalue weighted by molar-refractivity contribution is 6.30. The molecule has 0 saturated carbocycles. The number of piperazine rings is 1. The summed E-state index contributed by atoms with van der Waals surface area (Å²) in [6.45, 7) is 4.20. The molecule has 0 N–H and O–H groups in total. The van der Waals surface area contributed by atoms with Crippen molar-refractivity contribution in [3.63, 3.8) is 0 Å². The zero-order chi connectivity index (χ0) is 20.5. The summed E-state index contributed by atoms with van der Waals surface area (Å²) in [5, 5.41) is 5.72. The topological polar surface area (TPSA) is 58.3 Å². The lowest BCUT2D eigenvalue weighted by Crippen LogP contribution is -2.46. The smallest absolute Gasteiger partial charge is 0.263 e. The molecule has 2 aromatic carbocycles. The molecule has 5 rings (SSSR count). The lowest BCUT2D eigenvalue weighted by molar-refractivity contribution is 0.249. The molecule has 1 aliphatic heterocycles. The van der Waals surface area contributed by atoms with Crippen molar-refractivity contribution in [2.45, 2.75) is 6.54 Å². The van der Waals surface area contributed by atoms with E-state index in [1.165, 1.54) is 18.5 Å². The second kappa shape index (κ2) is 8.01. The number of hydrogen-bond donors (Lipinski definition) is 0. The maximum absolute atomic E-state index is 13.1. The Morgan fingerprint density at radius 3 is 2.40 bits per heavy atom. The Labute approximate surface area is 177 Å². The quantitative estimate of drug-likeness (QED) is 0.485. The molecule has 0 unspecified atom stereocenters. The molecule has 3 heterocycles. The van der Waals surface area contributed by atoms with E-state index >= 15 is 0 Å². The van der Waals surface area contributed by atoms with Crippen molar-refractivity contribution in [2.24, 2.45) is 0 Å². The van der Waals surface area contributed by atoms with Gasteiger partial charge in [-0.05, 0) is 29.8 Å². The minimum absolute atomic E-state index is 0.207. The van der Waals surface area contributed by atoms with E-state index in [0.717, 1.165) is 55.1 Å². The lowest BCUT2D eigenvalue weighted by Gasteiger charge is -2.35. The SMILES string of the molecule is Fc1ccc(CN2CCN(c3ncnc4onc(-c5ccc(Cl)cc5)c34)CC2)cc1. The van der Waals surface area contributed by atoms with Crippen molar-refractivity contribution in [3.8, 4) is 11.3 Å². The van der Waals surface area contributed by atoms with Gasteiger partial charge in [-0.2, -0.15) is 4.98 Å². The maximum atomic E-state index is 13.1. The first-order chi connectivity index (χ1) is 14.7. The van der Waals surface area contributed by atoms with E-state index in [1.807, 2.05) is 36.4 Å². The summed E-state index contributed by atoms with van der Waals surface area (Å²) in [5.41, 5.74) is 3.20. The second-order valence-corrected chi connectivity index (χ2v) is 7.74. The van der Waals surface area contributed by atoms with Gasteiger partial charge in [0.1, 0.15) is 29.0 Å². The van der Waals surface area contributed by atoms with Gasteiger partial charge in [0, 0.05) is 43.3 Å². The molecule has 0 aliphatic carbocycles. The van der Waals surface area contributed by atoms with Crippen LogP contribution in [0.2, 0.25) is 5.02 Å². The molecule has 0 amide bonds. The Balaban J connectivity index is 1.37. The van der Waals surface area contributed by atoms with E-state index in [9.17, 15) is 4.39 Å². The first-order valence-electron chi connectivity index (χ1n) is 9.75. The molecule has 152 valence electrons. The summed E-state index contributed by atoms with van der Waals surface area (Å²) in [4.78, 5) is 13.4. The molecular weight excluding hydrogens is 405 g/mol. The number of benzene rings is 2. The normalized spacial score (nSPS) is 15.1. The van der Waals surface area contributed by atoms with Gasteiger partial charge in [-0.3, -0.25) is 4.90 Å². The Bertz CT molecular complexity index is 1150. The highest BCUT2D eigenvalue weighted by Gasteiger charge is 2.24. The van der Waals surface area contributed by atoms with E-state index in [4.69, 9.17) is 16.1 Å². The first-order valence-corrected chi connectivity index (χ1v) is 10.1. The summed E-state index contributed by atoms with van der Waals surface area (Å²) < 4.78 is 18.6. The number of nitrogens with zero attached hydrogens (tertiary/aromatic N) is 5. The Morgan fingerprint density at radius 2 is 1.67 bits per heavy atom. The average Bonchev–Trinajstić information content (AvgIpc) is 3.21. The monoisotopic (exact) mass is 423 g/mol. The molecule has 0 radical (unpaired) electrons. The fourth-order valence-electron chi connectivity index (χ4n) is 3.78. The van der Waals surface area contributed by atoms with Gasteiger partial charge >= 0.3 is 0 Å². The molecule has 1 aliphatic rings. The van der Waals surface area contributed by atoms with Crippen molar-refractivity contribution in [1.82, 2.24) is 20.0 Å². The van der Waals surface area contributed by atoms with E-state index in [0.29, 0.717) is 16.4 Å². The molecule has 2 aromatic heterocycles. The van der Waals surface area contributed by atoms with Gasteiger partial charge < -0.3 is 9.42 Å². The van der Waals surface area contributed by atoms with Crippen LogP contribution in [0.5, 0.6) is 0 Å². The number of aromatic nitrogens is 3. The molecular formula is C22H19ClFN5O. The first kappa shape index (κ1) is 19.0. The third kappa shape index (κ3) is 3.74. The fraction of sp³-hybridized carbons (Fsp3) is 0.227. The van der Waals surface area contributed by atoms with Crippen molar-refractivity contribution in [3.05, 3.63) is 71.3 Å². The largest absolute Gasteiger partial charge is 0.353 e. The molecule has 0 atom stereocenters. The molecule has 0 spiro atoms. The van der Waals surface area contributed by atoms with Gasteiger partial charge in [-0.25, -0.2) is 9.37 Å². The van der Waals surface area contributed by atoms with Gasteiger partial charge in [-0.15, -0.1) is 0 Å². The summed E-state index contributed by atoms with van der Waals surface area (Å²) in [6.07, 6.45) is 1.51. The van der Waals surface area contributed by atoms with Crippen LogP contribution in [-0.2, 0) is 6.54 Å². The number of rotatable bonds is 4. The predicted octanol–water partition coefficient (Wildman–Crippen LogP) is 4.40. The number of anilines is 1. The minimum atomic E-state index is -0.207. The van der Waals surface area contributed by atoms with Crippen LogP contribution < -0.4 is 4.90 Å². The van der Waals surface area contributed by atoms with E-state index in [2.05, 4.69) is 24.9 Å². The second-order valence-electron chi connectivity index (χ2n) is 7.31. The summed E-state index contributed by atoms with van der Waals surface area (Å²) in [5.74, 6) is 0.620. The van der Waals surface area contributed by atoms with Crippen molar-refractivity contribution >= 4 is 28.5 Å². The Hall–Kier alpha value is -3.03. The van der Waals surface area contributed by atoms with Gasteiger partial charge in [-0.1, -0.05) is 41.0 Å². The van der Waals surface area contributed by atoms with Crippen molar-refractivity contribution < 1.29 is 8.91 Å². The third-order valence-electron chi connectivity index (χ3n) is 5.36. The van der Waals surface area contributed by atoms with E-state index in [-0.39, 0.29) is 5.82 Å². The summed E-state index contributed by atoms with van der Waals surface area (Å²) >= 11 is 6.02. The standard InChI is InChI=1S/C22H19ClFN5O/c23-17-5-3-16(4-6-17)20-19-21(25-14-26-22(19)30-27-20)29-11-9-28(10-12-29)13-15-1-7-18(24)8-2-15/h1-8,14H,9-13H2. The molecule has 30 heavy (non-hydrogen) atoms. The van der Waals surface area contributed by atoms with Gasteiger partial charge in [0.2, 0.25) is 0 Å². The summed E-state index contributed by atoms with van der Waals surface area (Å²) in [6, 6.07) is 14.2. The van der Waals surface area contributed by atoms with Crippen LogP contribution in [0.4, 0.5) is 10.2 Å². The van der Waals surface area contributed by atoms with Crippen LogP contribution in [0.25, 0.3) is 22.4 Å². The zero-order valence-corrected chi connectivity index (χ0v) is 16.9. The van der Waals surface area contributed by atoms with Crippen LogP contribution in [-0.4, -0.2) is 46.2 Å². The van der Waals surface area contributed by atoms with Crippen LogP contribution in [0, 0.1) is 5.82 Å². The number of hydrogen-bond acceptors (Lipinski definition) is 6. The van der Waals surface area contributed by atoms with Crippen LogP contribution in [0.1, 0.15) is 5.56 Å². The van der Waals surface area contributed by atoms with Crippen molar-refractivity contribution in [2.75, 3.05) is 31.1 Å². The minimum Gasteiger partial charge on any atom is -0.353 e. The predicted molar refractivity (Wildman–Crippen MR) is 114 cm³/mol. The molecule has 8 heteroatoms. The Kier molecular flexibility index (Phi) is 5.06. The lowest BCUT2D eigenvalue weighted by atomic mass is 10.1. The van der Waals surface area contributed by atoms with Crippen LogP contribution in [0.3, 0.4) is 0 Å². The number of fused-ring (bicyclic) bond motifs is 1. The van der Waals surface area contributed by atoms with Gasteiger partial charge in [0.15, 0.2) is 0 Å². The third-order valence-corrected chi connectivity index (χ3v) is 5.61. The number of halogens is 2. The average molecular weight is 424 g/mol. The Morgan fingerprint density at radius 1 is 0.933 bits per heavy atom. The molecule has 1 saturated heterocycles. The van der Waals surface area contributed by atoms with E-state index in [1.54, 1.807) is 0 Å². The zero-order valence-electron chi connectivity index (χ0n) is 16.1. The molecule has 6 nitrogen and oxygen atoms in total. The van der Waals surface area contributed by atoms with Crippen molar-refractivity contribution in [1.29, 1.82) is 0 Å². The maximum Gasteiger partial charge on any atom is 0.263 e. The van der Waals surface area contributed by atoms with E-state index < -0.39 is 0 Å². The molecule has 1 fully saturated rings. The molecule has 4 aromatic rings. The molecule has 0 bridgehead atoms. The highest BCUT2D eigenvalue weighted by Crippen LogP contribution is 2.33. The van der Waals surface area contributed by atoms with Crippen LogP contribution in [0.15, 0.2) is 59.4 Å². The summed E-state index contributed by atoms with van der Waals surface area (Å²) in [7, 11) is 0. The highest BCUT2D eigenvalue weighted by atomic mass is 35.5. The van der Waals surface area contributed by atoms with Crippen LogP contribution >= 0.6 is 11.6 Å².